The van der Waals surface area contributed by atoms with Crippen molar-refractivity contribution < 1.29 is 31.5 Å². The van der Waals surface area contributed by atoms with Crippen LogP contribution in [0, 0.1) is 0 Å². The lowest BCUT2D eigenvalue weighted by atomic mass is 10.1. The highest BCUT2D eigenvalue weighted by Gasteiger charge is 2.37. The topological polar surface area (TPSA) is 65.2 Å². The molecule has 0 unspecified atom stereocenters. The molecule has 0 aliphatic heterocycles. The Labute approximate surface area is 110 Å². The van der Waals surface area contributed by atoms with Crippen LogP contribution in [-0.2, 0) is 17.5 Å². The Morgan fingerprint density at radius 2 is 2.05 bits per heavy atom. The number of nitrogens with zero attached hydrogens (tertiary/aromatic N) is 1. The second-order valence-electron chi connectivity index (χ2n) is 3.64. The van der Waals surface area contributed by atoms with Crippen molar-refractivity contribution in [2.45, 2.75) is 26.1 Å². The van der Waals surface area contributed by atoms with E-state index in [4.69, 9.17) is 5.73 Å². The molecule has 0 saturated carbocycles. The fourth-order valence-corrected chi connectivity index (χ4v) is 1.51. The van der Waals surface area contributed by atoms with E-state index in [0.29, 0.717) is 6.07 Å². The molecule has 9 heteroatoms. The molecular weight excluding hydrogens is 287 g/mol. The third-order valence-corrected chi connectivity index (χ3v) is 2.33. The molecule has 1 heterocycles. The lowest BCUT2D eigenvalue weighted by Gasteiger charge is -2.15. The number of nitrogens with two attached hydrogens (primary N) is 1. The Morgan fingerprint density at radius 3 is 2.45 bits per heavy atom. The lowest BCUT2D eigenvalue weighted by Crippen LogP contribution is -2.19. The minimum Gasteiger partial charge on any atom is -0.462 e. The lowest BCUT2D eigenvalue weighted by molar-refractivity contribution is -0.138. The average molecular weight is 298 g/mol. The van der Waals surface area contributed by atoms with Crippen molar-refractivity contribution in [1.82, 2.24) is 4.98 Å². The molecule has 0 fully saturated rings. The minimum atomic E-state index is -4.86. The van der Waals surface area contributed by atoms with Crippen LogP contribution < -0.4 is 5.73 Å². The fraction of sp³-hybridized carbons (Fsp3) is 0.455. The van der Waals surface area contributed by atoms with E-state index in [1.165, 1.54) is 6.92 Å². The summed E-state index contributed by atoms with van der Waals surface area (Å²) in [5, 5.41) is 0. The first-order valence-corrected chi connectivity index (χ1v) is 5.48. The molecule has 1 aromatic rings. The van der Waals surface area contributed by atoms with Crippen molar-refractivity contribution in [2.75, 3.05) is 6.61 Å². The van der Waals surface area contributed by atoms with Gasteiger partial charge in [0.2, 0.25) is 0 Å². The summed E-state index contributed by atoms with van der Waals surface area (Å²) in [7, 11) is 0. The highest BCUT2D eigenvalue weighted by Crippen LogP contribution is 2.34. The number of halogens is 5. The number of rotatable bonds is 4. The number of esters is 1. The van der Waals surface area contributed by atoms with Gasteiger partial charge in [-0.05, 0) is 13.0 Å². The molecule has 0 bridgehead atoms. The van der Waals surface area contributed by atoms with E-state index < -0.39 is 47.6 Å². The number of aromatic nitrogens is 1. The Morgan fingerprint density at radius 1 is 1.45 bits per heavy atom. The van der Waals surface area contributed by atoms with Crippen LogP contribution in [-0.4, -0.2) is 17.6 Å². The van der Waals surface area contributed by atoms with Crippen LogP contribution in [0.1, 0.15) is 40.7 Å². The quantitative estimate of drug-likeness (QED) is 0.685. The standard InChI is InChI=1S/C11H11F5N2O2/c1-2-20-10(19)5-3-6(11(14,15)16)7(4-17)18-8(5)9(12)13/h3,9H,2,4,17H2,1H3. The van der Waals surface area contributed by atoms with E-state index in [1.54, 1.807) is 0 Å². The Kier molecular flexibility index (Phi) is 4.98. The van der Waals surface area contributed by atoms with E-state index in [1.807, 2.05) is 0 Å². The summed E-state index contributed by atoms with van der Waals surface area (Å²) in [5.41, 5.74) is 1.02. The number of alkyl halides is 5. The average Bonchev–Trinajstić information content (AvgIpc) is 2.36. The summed E-state index contributed by atoms with van der Waals surface area (Å²) in [6, 6.07) is 0.300. The van der Waals surface area contributed by atoms with E-state index in [2.05, 4.69) is 9.72 Å². The Bertz CT molecular complexity index is 502. The van der Waals surface area contributed by atoms with E-state index >= 15 is 0 Å². The maximum absolute atomic E-state index is 12.8. The van der Waals surface area contributed by atoms with Gasteiger partial charge in [0.15, 0.2) is 0 Å². The van der Waals surface area contributed by atoms with Crippen LogP contribution in [0.15, 0.2) is 6.07 Å². The summed E-state index contributed by atoms with van der Waals surface area (Å²) in [6.07, 6.45) is -8.08. The molecule has 0 spiro atoms. The zero-order valence-electron chi connectivity index (χ0n) is 10.3. The van der Waals surface area contributed by atoms with Crippen molar-refractivity contribution in [3.8, 4) is 0 Å². The normalized spacial score (nSPS) is 11.8. The molecule has 0 aliphatic rings. The molecule has 0 aliphatic carbocycles. The predicted molar refractivity (Wildman–Crippen MR) is 58.0 cm³/mol. The van der Waals surface area contributed by atoms with Crippen LogP contribution in [0.3, 0.4) is 0 Å². The number of hydrogen-bond donors (Lipinski definition) is 1. The van der Waals surface area contributed by atoms with Gasteiger partial charge in [0, 0.05) is 6.54 Å². The van der Waals surface area contributed by atoms with Crippen molar-refractivity contribution >= 4 is 5.97 Å². The van der Waals surface area contributed by atoms with Crippen LogP contribution in [0.5, 0.6) is 0 Å². The molecule has 0 atom stereocenters. The van der Waals surface area contributed by atoms with Gasteiger partial charge >= 0.3 is 12.1 Å². The predicted octanol–water partition coefficient (Wildman–Crippen LogP) is 2.67. The Balaban J connectivity index is 3.51. The monoisotopic (exact) mass is 298 g/mol. The SMILES string of the molecule is CCOC(=O)c1cc(C(F)(F)F)c(CN)nc1C(F)F. The highest BCUT2D eigenvalue weighted by atomic mass is 19.4. The van der Waals surface area contributed by atoms with Crippen LogP contribution in [0.2, 0.25) is 0 Å². The maximum Gasteiger partial charge on any atom is 0.418 e. The second kappa shape index (κ2) is 6.12. The van der Waals surface area contributed by atoms with Gasteiger partial charge in [-0.1, -0.05) is 0 Å². The first-order chi connectivity index (χ1) is 9.22. The third-order valence-electron chi connectivity index (χ3n) is 2.33. The van der Waals surface area contributed by atoms with Crippen molar-refractivity contribution in [2.24, 2.45) is 5.73 Å². The van der Waals surface area contributed by atoms with Gasteiger partial charge in [0.05, 0.1) is 23.4 Å². The number of carbonyl (C=O) groups is 1. The minimum absolute atomic E-state index is 0.165. The molecule has 20 heavy (non-hydrogen) atoms. The first kappa shape index (κ1) is 16.3. The number of hydrogen-bond acceptors (Lipinski definition) is 4. The molecule has 4 nitrogen and oxygen atoms in total. The van der Waals surface area contributed by atoms with Crippen LogP contribution in [0.4, 0.5) is 22.0 Å². The van der Waals surface area contributed by atoms with Crippen LogP contribution >= 0.6 is 0 Å². The zero-order chi connectivity index (χ0) is 15.5. The molecule has 0 saturated heterocycles. The van der Waals surface area contributed by atoms with Gasteiger partial charge in [-0.15, -0.1) is 0 Å². The van der Waals surface area contributed by atoms with Gasteiger partial charge in [-0.2, -0.15) is 13.2 Å². The van der Waals surface area contributed by atoms with Crippen molar-refractivity contribution in [1.29, 1.82) is 0 Å². The molecule has 0 amide bonds. The molecular formula is C11H11F5N2O2. The van der Waals surface area contributed by atoms with Crippen molar-refractivity contribution in [3.05, 3.63) is 28.6 Å². The molecule has 0 radical (unpaired) electrons. The number of carbonyl (C=O) groups excluding carboxylic acids is 1. The third kappa shape index (κ3) is 3.41. The van der Waals surface area contributed by atoms with E-state index in [9.17, 15) is 26.7 Å². The number of ether oxygens (including phenoxy) is 1. The molecule has 1 aromatic heterocycles. The first-order valence-electron chi connectivity index (χ1n) is 5.48. The largest absolute Gasteiger partial charge is 0.462 e. The smallest absolute Gasteiger partial charge is 0.418 e. The van der Waals surface area contributed by atoms with Crippen LogP contribution in [0.25, 0.3) is 0 Å². The van der Waals surface area contributed by atoms with E-state index in [-0.39, 0.29) is 6.61 Å². The van der Waals surface area contributed by atoms with Gasteiger partial charge in [-0.3, -0.25) is 0 Å². The molecule has 0 aromatic carbocycles. The van der Waals surface area contributed by atoms with Gasteiger partial charge in [-0.25, -0.2) is 18.6 Å². The summed E-state index contributed by atoms with van der Waals surface area (Å²) in [6.45, 7) is 0.547. The summed E-state index contributed by atoms with van der Waals surface area (Å²) in [5.74, 6) is -1.29. The number of pyridine rings is 1. The maximum atomic E-state index is 12.8. The highest BCUT2D eigenvalue weighted by molar-refractivity contribution is 5.91. The molecule has 2 N–H and O–H groups in total. The summed E-state index contributed by atoms with van der Waals surface area (Å²) in [4.78, 5) is 14.6. The summed E-state index contributed by atoms with van der Waals surface area (Å²) < 4.78 is 68.3. The van der Waals surface area contributed by atoms with Gasteiger partial charge in [0.25, 0.3) is 6.43 Å². The van der Waals surface area contributed by atoms with Crippen molar-refractivity contribution in [3.63, 3.8) is 0 Å². The van der Waals surface area contributed by atoms with Gasteiger partial charge < -0.3 is 10.5 Å². The van der Waals surface area contributed by atoms with E-state index in [0.717, 1.165) is 0 Å². The zero-order valence-corrected chi connectivity index (χ0v) is 10.3. The van der Waals surface area contributed by atoms with Gasteiger partial charge in [0.1, 0.15) is 5.69 Å². The Hall–Kier alpha value is -1.77. The summed E-state index contributed by atoms with van der Waals surface area (Å²) >= 11 is 0. The second-order valence-corrected chi connectivity index (χ2v) is 3.64. The molecule has 112 valence electrons. The fourth-order valence-electron chi connectivity index (χ4n) is 1.51. The molecule has 1 rings (SSSR count).